The van der Waals surface area contributed by atoms with Crippen LogP contribution in [0, 0.1) is 0 Å². The van der Waals surface area contributed by atoms with Crippen molar-refractivity contribution in [3.8, 4) is 17.0 Å². The predicted octanol–water partition coefficient (Wildman–Crippen LogP) is 4.11. The largest absolute Gasteiger partial charge is 0.497 e. The van der Waals surface area contributed by atoms with Gasteiger partial charge in [0.05, 0.1) is 12.8 Å². The summed E-state index contributed by atoms with van der Waals surface area (Å²) >= 11 is 5.99. The van der Waals surface area contributed by atoms with E-state index in [-0.39, 0.29) is 0 Å². The molecule has 0 aliphatic heterocycles. The first kappa shape index (κ1) is 17.3. The summed E-state index contributed by atoms with van der Waals surface area (Å²) in [6, 6.07) is 17.6. The van der Waals surface area contributed by atoms with Gasteiger partial charge in [0.25, 0.3) is 5.78 Å². The number of methoxy groups -OCH3 is 1. The highest BCUT2D eigenvalue weighted by Gasteiger charge is 2.09. The molecule has 0 amide bonds. The maximum absolute atomic E-state index is 5.99. The number of nitrogens with one attached hydrogen (secondary N) is 1. The van der Waals surface area contributed by atoms with Gasteiger partial charge in [-0.05, 0) is 36.2 Å². The molecule has 0 spiro atoms. The number of ether oxygens (including phenoxy) is 1. The molecule has 0 aliphatic rings. The fraction of sp³-hybridized carbons (Fsp3) is 0.150. The van der Waals surface area contributed by atoms with Crippen LogP contribution in [0.2, 0.25) is 5.02 Å². The maximum atomic E-state index is 5.99. The third-order valence-corrected chi connectivity index (χ3v) is 4.52. The molecule has 1 N–H and O–H groups in total. The van der Waals surface area contributed by atoms with Crippen LogP contribution < -0.4 is 10.1 Å². The second kappa shape index (κ2) is 7.63. The Morgan fingerprint density at radius 1 is 1.07 bits per heavy atom. The van der Waals surface area contributed by atoms with Crippen LogP contribution in [0.1, 0.15) is 5.56 Å². The first-order valence-electron chi connectivity index (χ1n) is 8.56. The van der Waals surface area contributed by atoms with Gasteiger partial charge in [-0.25, -0.2) is 4.98 Å². The van der Waals surface area contributed by atoms with Crippen LogP contribution in [0.15, 0.2) is 60.9 Å². The zero-order valence-corrected chi connectivity index (χ0v) is 15.5. The molecule has 6 nitrogen and oxygen atoms in total. The number of halogens is 1. The van der Waals surface area contributed by atoms with Crippen molar-refractivity contribution < 1.29 is 4.74 Å². The molecule has 4 rings (SSSR count). The van der Waals surface area contributed by atoms with Gasteiger partial charge in [0.15, 0.2) is 0 Å². The van der Waals surface area contributed by atoms with Crippen LogP contribution in [0.25, 0.3) is 17.0 Å². The molecule has 0 fully saturated rings. The smallest absolute Gasteiger partial charge is 0.254 e. The molecule has 2 heterocycles. The number of anilines is 1. The normalized spacial score (nSPS) is 10.9. The van der Waals surface area contributed by atoms with Crippen LogP contribution in [0.3, 0.4) is 0 Å². The summed E-state index contributed by atoms with van der Waals surface area (Å²) in [5.41, 5.74) is 3.02. The number of hydrogen-bond acceptors (Lipinski definition) is 5. The van der Waals surface area contributed by atoms with E-state index in [9.17, 15) is 0 Å². The highest BCUT2D eigenvalue weighted by molar-refractivity contribution is 6.30. The number of rotatable bonds is 6. The van der Waals surface area contributed by atoms with Gasteiger partial charge in [0.1, 0.15) is 17.9 Å². The minimum Gasteiger partial charge on any atom is -0.497 e. The van der Waals surface area contributed by atoms with E-state index >= 15 is 0 Å². The summed E-state index contributed by atoms with van der Waals surface area (Å²) in [4.78, 5) is 8.80. The molecule has 0 bridgehead atoms. The lowest BCUT2D eigenvalue weighted by Crippen LogP contribution is -2.10. The first-order chi connectivity index (χ1) is 13.2. The molecule has 27 heavy (non-hydrogen) atoms. The summed E-state index contributed by atoms with van der Waals surface area (Å²) in [6.45, 7) is 0.755. The van der Waals surface area contributed by atoms with Crippen molar-refractivity contribution in [2.75, 3.05) is 19.0 Å². The molecule has 0 radical (unpaired) electrons. The Hall–Kier alpha value is -3.12. The summed E-state index contributed by atoms with van der Waals surface area (Å²) < 4.78 is 6.90. The molecule has 0 atom stereocenters. The zero-order valence-electron chi connectivity index (χ0n) is 14.8. The third kappa shape index (κ3) is 3.85. The van der Waals surface area contributed by atoms with Gasteiger partial charge in [0.2, 0.25) is 0 Å². The molecule has 0 unspecified atom stereocenters. The summed E-state index contributed by atoms with van der Waals surface area (Å²) in [5.74, 6) is 2.25. The maximum Gasteiger partial charge on any atom is 0.254 e. The molecule has 7 heteroatoms. The second-order valence-electron chi connectivity index (χ2n) is 6.03. The standard InChI is InChI=1S/C20H18ClN5O/c1-27-17-8-2-14(3-9-17)10-11-22-19-12-18(15-4-6-16(21)7-5-15)25-20-23-13-24-26(19)20/h2-9,12-13,22H,10-11H2,1H3. The minimum absolute atomic E-state index is 0.550. The predicted molar refractivity (Wildman–Crippen MR) is 106 cm³/mol. The second-order valence-corrected chi connectivity index (χ2v) is 6.47. The van der Waals surface area contributed by atoms with Crippen molar-refractivity contribution in [2.45, 2.75) is 6.42 Å². The van der Waals surface area contributed by atoms with E-state index < -0.39 is 0 Å². The van der Waals surface area contributed by atoms with Crippen molar-refractivity contribution in [1.82, 2.24) is 19.6 Å². The van der Waals surface area contributed by atoms with E-state index in [4.69, 9.17) is 16.3 Å². The van der Waals surface area contributed by atoms with Crippen LogP contribution in [0.4, 0.5) is 5.82 Å². The summed E-state index contributed by atoms with van der Waals surface area (Å²) in [6.07, 6.45) is 2.38. The fourth-order valence-electron chi connectivity index (χ4n) is 2.83. The Morgan fingerprint density at radius 3 is 2.59 bits per heavy atom. The average Bonchev–Trinajstić information content (AvgIpc) is 3.18. The van der Waals surface area contributed by atoms with Gasteiger partial charge in [-0.2, -0.15) is 14.6 Å². The quantitative estimate of drug-likeness (QED) is 0.546. The van der Waals surface area contributed by atoms with Gasteiger partial charge >= 0.3 is 0 Å². The van der Waals surface area contributed by atoms with E-state index in [1.807, 2.05) is 42.5 Å². The van der Waals surface area contributed by atoms with Gasteiger partial charge in [0, 0.05) is 23.2 Å². The SMILES string of the molecule is COc1ccc(CCNc2cc(-c3ccc(Cl)cc3)nc3ncnn23)cc1. The lowest BCUT2D eigenvalue weighted by molar-refractivity contribution is 0.414. The van der Waals surface area contributed by atoms with E-state index in [1.165, 1.54) is 11.9 Å². The van der Waals surface area contributed by atoms with Crippen LogP contribution in [0.5, 0.6) is 5.75 Å². The number of hydrogen-bond donors (Lipinski definition) is 1. The van der Waals surface area contributed by atoms with E-state index in [0.717, 1.165) is 35.8 Å². The molecule has 2 aromatic heterocycles. The van der Waals surface area contributed by atoms with E-state index in [2.05, 4.69) is 32.5 Å². The van der Waals surface area contributed by atoms with E-state index in [1.54, 1.807) is 11.6 Å². The molecule has 4 aromatic rings. The van der Waals surface area contributed by atoms with Crippen LogP contribution in [-0.4, -0.2) is 33.2 Å². The van der Waals surface area contributed by atoms with Gasteiger partial charge in [-0.15, -0.1) is 0 Å². The highest BCUT2D eigenvalue weighted by Crippen LogP contribution is 2.23. The van der Waals surface area contributed by atoms with Crippen molar-refractivity contribution in [2.24, 2.45) is 0 Å². The van der Waals surface area contributed by atoms with Crippen molar-refractivity contribution >= 4 is 23.2 Å². The molecule has 136 valence electrons. The van der Waals surface area contributed by atoms with Crippen molar-refractivity contribution in [3.63, 3.8) is 0 Å². The Morgan fingerprint density at radius 2 is 1.85 bits per heavy atom. The molecule has 2 aromatic carbocycles. The molecular weight excluding hydrogens is 362 g/mol. The van der Waals surface area contributed by atoms with Crippen LogP contribution >= 0.6 is 11.6 Å². The van der Waals surface area contributed by atoms with Gasteiger partial charge < -0.3 is 10.1 Å². The number of aromatic nitrogens is 4. The Balaban J connectivity index is 1.55. The molecule has 0 aliphatic carbocycles. The fourth-order valence-corrected chi connectivity index (χ4v) is 2.96. The Kier molecular flexibility index (Phi) is 4.89. The summed E-state index contributed by atoms with van der Waals surface area (Å²) in [7, 11) is 1.67. The molecule has 0 saturated carbocycles. The first-order valence-corrected chi connectivity index (χ1v) is 8.94. The monoisotopic (exact) mass is 379 g/mol. The zero-order chi connectivity index (χ0) is 18.6. The minimum atomic E-state index is 0.550. The number of fused-ring (bicyclic) bond motifs is 1. The Bertz CT molecular complexity index is 1040. The molecular formula is C20H18ClN5O. The van der Waals surface area contributed by atoms with Crippen molar-refractivity contribution in [1.29, 1.82) is 0 Å². The van der Waals surface area contributed by atoms with E-state index in [0.29, 0.717) is 10.8 Å². The lowest BCUT2D eigenvalue weighted by Gasteiger charge is -2.10. The number of nitrogens with zero attached hydrogens (tertiary/aromatic N) is 4. The van der Waals surface area contributed by atoms with Gasteiger partial charge in [-0.1, -0.05) is 35.9 Å². The highest BCUT2D eigenvalue weighted by atomic mass is 35.5. The Labute approximate surface area is 161 Å². The van der Waals surface area contributed by atoms with Gasteiger partial charge in [-0.3, -0.25) is 0 Å². The van der Waals surface area contributed by atoms with Crippen molar-refractivity contribution in [3.05, 3.63) is 71.5 Å². The summed E-state index contributed by atoms with van der Waals surface area (Å²) in [5, 5.41) is 8.39. The lowest BCUT2D eigenvalue weighted by atomic mass is 10.1. The number of benzene rings is 2. The third-order valence-electron chi connectivity index (χ3n) is 4.27. The average molecular weight is 380 g/mol. The van der Waals surface area contributed by atoms with Crippen LogP contribution in [-0.2, 0) is 6.42 Å². The molecule has 0 saturated heterocycles. The topological polar surface area (TPSA) is 64.3 Å².